The fourth-order valence-corrected chi connectivity index (χ4v) is 2.16. The molecule has 0 aliphatic heterocycles. The van der Waals surface area contributed by atoms with Crippen molar-refractivity contribution in [3.8, 4) is 0 Å². The molecule has 2 rings (SSSR count). The van der Waals surface area contributed by atoms with Gasteiger partial charge in [0.05, 0.1) is 6.10 Å². The minimum Gasteiger partial charge on any atom is -0.388 e. The Morgan fingerprint density at radius 1 is 1.22 bits per heavy atom. The summed E-state index contributed by atoms with van der Waals surface area (Å²) in [5.41, 5.74) is 2.23. The first-order chi connectivity index (χ1) is 8.56. The number of halogens is 2. The molecule has 0 bridgehead atoms. The van der Waals surface area contributed by atoms with Crippen LogP contribution in [-0.4, -0.2) is 5.11 Å². The molecule has 0 saturated carbocycles. The van der Waals surface area contributed by atoms with E-state index in [9.17, 15) is 9.50 Å². The van der Waals surface area contributed by atoms with Crippen molar-refractivity contribution >= 4 is 11.6 Å². The SMILES string of the molecule is Cc1cc(F)cc(C(O)Cc2ccccc2Cl)c1. The van der Waals surface area contributed by atoms with Crippen LogP contribution >= 0.6 is 11.6 Å². The minimum atomic E-state index is -0.751. The summed E-state index contributed by atoms with van der Waals surface area (Å²) in [6.45, 7) is 1.80. The summed E-state index contributed by atoms with van der Waals surface area (Å²) in [7, 11) is 0. The molecular formula is C15H14ClFO. The molecule has 2 aromatic carbocycles. The highest BCUT2D eigenvalue weighted by Crippen LogP contribution is 2.24. The smallest absolute Gasteiger partial charge is 0.123 e. The summed E-state index contributed by atoms with van der Waals surface area (Å²) in [6, 6.07) is 11.9. The van der Waals surface area contributed by atoms with Crippen LogP contribution in [0.5, 0.6) is 0 Å². The maximum absolute atomic E-state index is 13.3. The largest absolute Gasteiger partial charge is 0.388 e. The molecule has 1 nitrogen and oxygen atoms in total. The van der Waals surface area contributed by atoms with Gasteiger partial charge in [0, 0.05) is 11.4 Å². The van der Waals surface area contributed by atoms with Crippen molar-refractivity contribution in [1.82, 2.24) is 0 Å². The van der Waals surface area contributed by atoms with Crippen LogP contribution in [0.15, 0.2) is 42.5 Å². The summed E-state index contributed by atoms with van der Waals surface area (Å²) >= 11 is 6.03. The van der Waals surface area contributed by atoms with Crippen molar-refractivity contribution in [1.29, 1.82) is 0 Å². The number of aliphatic hydroxyl groups is 1. The standard InChI is InChI=1S/C15H14ClFO/c1-10-6-12(8-13(17)7-10)15(18)9-11-4-2-3-5-14(11)16/h2-8,15,18H,9H2,1H3. The summed E-state index contributed by atoms with van der Waals surface area (Å²) in [5, 5.41) is 10.7. The van der Waals surface area contributed by atoms with E-state index in [-0.39, 0.29) is 5.82 Å². The molecule has 1 atom stereocenters. The molecule has 0 aliphatic rings. The molecule has 1 unspecified atom stereocenters. The molecule has 0 saturated heterocycles. The Kier molecular flexibility index (Phi) is 4.00. The average molecular weight is 265 g/mol. The highest BCUT2D eigenvalue weighted by Gasteiger charge is 2.12. The monoisotopic (exact) mass is 264 g/mol. The predicted octanol–water partition coefficient (Wildman–Crippen LogP) is 4.06. The zero-order valence-corrected chi connectivity index (χ0v) is 10.8. The van der Waals surface area contributed by atoms with Gasteiger partial charge in [-0.2, -0.15) is 0 Å². The molecule has 3 heteroatoms. The summed E-state index contributed by atoms with van der Waals surface area (Å²) in [6.07, 6.45) is -0.373. The van der Waals surface area contributed by atoms with Gasteiger partial charge in [-0.05, 0) is 41.8 Å². The van der Waals surface area contributed by atoms with Crippen molar-refractivity contribution in [2.45, 2.75) is 19.4 Å². The topological polar surface area (TPSA) is 20.2 Å². The molecule has 0 aliphatic carbocycles. The molecule has 1 N–H and O–H groups in total. The first-order valence-corrected chi connectivity index (χ1v) is 6.12. The van der Waals surface area contributed by atoms with Gasteiger partial charge in [0.15, 0.2) is 0 Å². The lowest BCUT2D eigenvalue weighted by molar-refractivity contribution is 0.178. The lowest BCUT2D eigenvalue weighted by atomic mass is 10.00. The lowest BCUT2D eigenvalue weighted by Crippen LogP contribution is -2.03. The van der Waals surface area contributed by atoms with Crippen molar-refractivity contribution in [2.24, 2.45) is 0 Å². The fourth-order valence-electron chi connectivity index (χ4n) is 1.95. The number of aliphatic hydroxyl groups excluding tert-OH is 1. The zero-order valence-electron chi connectivity index (χ0n) is 10.0. The van der Waals surface area contributed by atoms with E-state index in [4.69, 9.17) is 11.6 Å². The third-order valence-electron chi connectivity index (χ3n) is 2.82. The molecule has 0 radical (unpaired) electrons. The van der Waals surface area contributed by atoms with Crippen LogP contribution in [0.2, 0.25) is 5.02 Å². The third kappa shape index (κ3) is 3.09. The van der Waals surface area contributed by atoms with Gasteiger partial charge in [0.25, 0.3) is 0 Å². The third-order valence-corrected chi connectivity index (χ3v) is 3.19. The van der Waals surface area contributed by atoms with E-state index in [1.807, 2.05) is 18.2 Å². The van der Waals surface area contributed by atoms with Crippen molar-refractivity contribution in [3.05, 3.63) is 70.0 Å². The molecule has 0 fully saturated rings. The first kappa shape index (κ1) is 13.1. The van der Waals surface area contributed by atoms with Gasteiger partial charge in [0.1, 0.15) is 5.82 Å². The van der Waals surface area contributed by atoms with Crippen molar-refractivity contribution in [3.63, 3.8) is 0 Å². The minimum absolute atomic E-state index is 0.330. The Labute approximate surface area is 111 Å². The number of hydrogen-bond acceptors (Lipinski definition) is 1. The van der Waals surface area contributed by atoms with Crippen LogP contribution in [0, 0.1) is 12.7 Å². The molecule has 94 valence electrons. The summed E-state index contributed by atoms with van der Waals surface area (Å²) < 4.78 is 13.3. The molecule has 2 aromatic rings. The normalized spacial score (nSPS) is 12.4. The number of benzene rings is 2. The van der Waals surface area contributed by atoms with Gasteiger partial charge >= 0.3 is 0 Å². The second-order valence-corrected chi connectivity index (χ2v) is 4.78. The molecule has 0 heterocycles. The van der Waals surface area contributed by atoms with E-state index in [2.05, 4.69) is 0 Å². The van der Waals surface area contributed by atoms with Crippen molar-refractivity contribution < 1.29 is 9.50 Å². The van der Waals surface area contributed by atoms with E-state index < -0.39 is 6.10 Å². The van der Waals surface area contributed by atoms with Crippen LogP contribution in [-0.2, 0) is 6.42 Å². The Balaban J connectivity index is 2.22. The predicted molar refractivity (Wildman–Crippen MR) is 71.3 cm³/mol. The van der Waals surface area contributed by atoms with Crippen LogP contribution in [0.1, 0.15) is 22.8 Å². The Morgan fingerprint density at radius 3 is 2.61 bits per heavy atom. The summed E-state index contributed by atoms with van der Waals surface area (Å²) in [5.74, 6) is -0.330. The van der Waals surface area contributed by atoms with Gasteiger partial charge in [0.2, 0.25) is 0 Å². The lowest BCUT2D eigenvalue weighted by Gasteiger charge is -2.13. The van der Waals surface area contributed by atoms with Gasteiger partial charge < -0.3 is 5.11 Å². The Bertz CT molecular complexity index is 534. The van der Waals surface area contributed by atoms with Crippen LogP contribution in [0.25, 0.3) is 0 Å². The number of hydrogen-bond donors (Lipinski definition) is 1. The Hall–Kier alpha value is -1.38. The van der Waals surface area contributed by atoms with Gasteiger partial charge in [-0.1, -0.05) is 35.9 Å². The van der Waals surface area contributed by atoms with Crippen LogP contribution in [0.4, 0.5) is 4.39 Å². The highest BCUT2D eigenvalue weighted by atomic mass is 35.5. The zero-order chi connectivity index (χ0) is 13.1. The maximum Gasteiger partial charge on any atom is 0.123 e. The molecule has 0 spiro atoms. The Morgan fingerprint density at radius 2 is 1.94 bits per heavy atom. The number of aryl methyl sites for hydroxylation is 1. The molecule has 0 amide bonds. The van der Waals surface area contributed by atoms with E-state index in [1.165, 1.54) is 12.1 Å². The van der Waals surface area contributed by atoms with Gasteiger partial charge in [-0.3, -0.25) is 0 Å². The second kappa shape index (κ2) is 5.51. The number of rotatable bonds is 3. The van der Waals surface area contributed by atoms with E-state index in [0.29, 0.717) is 17.0 Å². The van der Waals surface area contributed by atoms with Crippen molar-refractivity contribution in [2.75, 3.05) is 0 Å². The molecule has 18 heavy (non-hydrogen) atoms. The molecule has 0 aromatic heterocycles. The van der Waals surface area contributed by atoms with E-state index in [0.717, 1.165) is 11.1 Å². The van der Waals surface area contributed by atoms with E-state index >= 15 is 0 Å². The maximum atomic E-state index is 13.3. The van der Waals surface area contributed by atoms with E-state index in [1.54, 1.807) is 19.1 Å². The van der Waals surface area contributed by atoms with Crippen LogP contribution in [0.3, 0.4) is 0 Å². The second-order valence-electron chi connectivity index (χ2n) is 4.37. The first-order valence-electron chi connectivity index (χ1n) is 5.75. The fraction of sp³-hybridized carbons (Fsp3) is 0.200. The molecular weight excluding hydrogens is 251 g/mol. The highest BCUT2D eigenvalue weighted by molar-refractivity contribution is 6.31. The van der Waals surface area contributed by atoms with Crippen LogP contribution < -0.4 is 0 Å². The average Bonchev–Trinajstić information content (AvgIpc) is 2.31. The summed E-state index contributed by atoms with van der Waals surface area (Å²) in [4.78, 5) is 0. The van der Waals surface area contributed by atoms with Gasteiger partial charge in [-0.25, -0.2) is 4.39 Å². The quantitative estimate of drug-likeness (QED) is 0.886. The van der Waals surface area contributed by atoms with Gasteiger partial charge in [-0.15, -0.1) is 0 Å².